The summed E-state index contributed by atoms with van der Waals surface area (Å²) in [7, 11) is 0. The number of nitrogens with zero attached hydrogens (tertiary/aromatic N) is 1. The summed E-state index contributed by atoms with van der Waals surface area (Å²) in [4.78, 5) is 4.44. The van der Waals surface area contributed by atoms with Crippen molar-refractivity contribution in [1.29, 1.82) is 0 Å². The van der Waals surface area contributed by atoms with Gasteiger partial charge in [-0.15, -0.1) is 11.3 Å². The van der Waals surface area contributed by atoms with Crippen LogP contribution in [-0.4, -0.2) is 11.5 Å². The van der Waals surface area contributed by atoms with Crippen molar-refractivity contribution in [2.24, 2.45) is 0 Å². The Balaban J connectivity index is 1.69. The van der Waals surface area contributed by atoms with Crippen molar-refractivity contribution < 1.29 is 5.32 Å². The van der Waals surface area contributed by atoms with Crippen LogP contribution in [0.3, 0.4) is 0 Å². The summed E-state index contributed by atoms with van der Waals surface area (Å²) in [5.41, 5.74) is 2.61. The van der Waals surface area contributed by atoms with Gasteiger partial charge in [0.25, 0.3) is 0 Å². The second-order valence-corrected chi connectivity index (χ2v) is 4.94. The van der Waals surface area contributed by atoms with Crippen LogP contribution in [-0.2, 0) is 13.0 Å². The van der Waals surface area contributed by atoms with Crippen LogP contribution in [0.1, 0.15) is 16.3 Å². The average Bonchev–Trinajstić information content (AvgIpc) is 2.72. The number of benzene rings is 1. The molecule has 2 aromatic rings. The molecular formula is C13H17N2S+. The third-order valence-electron chi connectivity index (χ3n) is 2.50. The SMILES string of the molecule is Cc1nc(C[NH2+]CCc2ccccc2)cs1. The van der Waals surface area contributed by atoms with Crippen molar-refractivity contribution >= 4 is 11.3 Å². The molecule has 0 unspecified atom stereocenters. The molecule has 0 saturated heterocycles. The van der Waals surface area contributed by atoms with Gasteiger partial charge in [0, 0.05) is 11.8 Å². The van der Waals surface area contributed by atoms with Gasteiger partial charge in [-0.05, 0) is 12.5 Å². The van der Waals surface area contributed by atoms with Gasteiger partial charge < -0.3 is 5.32 Å². The molecule has 2 nitrogen and oxygen atoms in total. The minimum atomic E-state index is 0.997. The molecule has 0 aliphatic carbocycles. The largest absolute Gasteiger partial charge is 0.341 e. The Morgan fingerprint density at radius 3 is 2.75 bits per heavy atom. The first-order valence-corrected chi connectivity index (χ1v) is 6.49. The van der Waals surface area contributed by atoms with E-state index >= 15 is 0 Å². The number of hydrogen-bond acceptors (Lipinski definition) is 2. The smallest absolute Gasteiger partial charge is 0.119 e. The molecule has 0 saturated carbocycles. The van der Waals surface area contributed by atoms with Crippen molar-refractivity contribution in [1.82, 2.24) is 4.98 Å². The van der Waals surface area contributed by atoms with Crippen molar-refractivity contribution in [2.75, 3.05) is 6.54 Å². The van der Waals surface area contributed by atoms with E-state index in [9.17, 15) is 0 Å². The number of rotatable bonds is 5. The van der Waals surface area contributed by atoms with E-state index in [2.05, 4.69) is 52.9 Å². The highest BCUT2D eigenvalue weighted by molar-refractivity contribution is 7.09. The molecule has 0 atom stereocenters. The topological polar surface area (TPSA) is 29.5 Å². The zero-order valence-electron chi connectivity index (χ0n) is 9.52. The first-order chi connectivity index (χ1) is 7.84. The maximum Gasteiger partial charge on any atom is 0.119 e. The van der Waals surface area contributed by atoms with Gasteiger partial charge in [-0.25, -0.2) is 4.98 Å². The van der Waals surface area contributed by atoms with Gasteiger partial charge in [0.05, 0.1) is 11.6 Å². The fourth-order valence-corrected chi connectivity index (χ4v) is 2.29. The quantitative estimate of drug-likeness (QED) is 0.783. The van der Waals surface area contributed by atoms with E-state index in [1.807, 2.05) is 0 Å². The molecule has 84 valence electrons. The molecule has 0 radical (unpaired) electrons. The van der Waals surface area contributed by atoms with Gasteiger partial charge in [-0.2, -0.15) is 0 Å². The Morgan fingerprint density at radius 1 is 1.25 bits per heavy atom. The number of aromatic nitrogens is 1. The maximum absolute atomic E-state index is 4.44. The summed E-state index contributed by atoms with van der Waals surface area (Å²) >= 11 is 1.73. The van der Waals surface area contributed by atoms with Crippen LogP contribution < -0.4 is 5.32 Å². The van der Waals surface area contributed by atoms with Gasteiger partial charge in [-0.1, -0.05) is 30.3 Å². The third kappa shape index (κ3) is 3.43. The van der Waals surface area contributed by atoms with E-state index in [4.69, 9.17) is 0 Å². The fraction of sp³-hybridized carbons (Fsp3) is 0.308. The molecule has 0 aliphatic rings. The van der Waals surface area contributed by atoms with Crippen molar-refractivity contribution in [3.05, 3.63) is 52.0 Å². The van der Waals surface area contributed by atoms with E-state index in [-0.39, 0.29) is 0 Å². The van der Waals surface area contributed by atoms with Crippen LogP contribution in [0.25, 0.3) is 0 Å². The zero-order valence-corrected chi connectivity index (χ0v) is 10.3. The van der Waals surface area contributed by atoms with Crippen molar-refractivity contribution in [3.8, 4) is 0 Å². The molecule has 16 heavy (non-hydrogen) atoms. The van der Waals surface area contributed by atoms with Crippen LogP contribution in [0.2, 0.25) is 0 Å². The minimum Gasteiger partial charge on any atom is -0.341 e. The predicted molar refractivity (Wildman–Crippen MR) is 67.5 cm³/mol. The molecule has 0 amide bonds. The van der Waals surface area contributed by atoms with E-state index in [1.165, 1.54) is 11.3 Å². The molecule has 0 aliphatic heterocycles. The van der Waals surface area contributed by atoms with Gasteiger partial charge in [0.15, 0.2) is 0 Å². The highest BCUT2D eigenvalue weighted by Gasteiger charge is 2.00. The number of quaternary nitrogens is 1. The Kier molecular flexibility index (Phi) is 4.08. The Morgan fingerprint density at radius 2 is 2.06 bits per heavy atom. The summed E-state index contributed by atoms with van der Waals surface area (Å²) in [5.74, 6) is 0. The number of aryl methyl sites for hydroxylation is 1. The summed E-state index contributed by atoms with van der Waals surface area (Å²) in [5, 5.41) is 5.63. The standard InChI is InChI=1S/C13H16N2S/c1-11-15-13(10-16-11)9-14-8-7-12-5-3-2-4-6-12/h2-6,10,14H,7-9H2,1H3/p+1. The van der Waals surface area contributed by atoms with Crippen LogP contribution in [0, 0.1) is 6.92 Å². The highest BCUT2D eigenvalue weighted by atomic mass is 32.1. The van der Waals surface area contributed by atoms with Gasteiger partial charge >= 0.3 is 0 Å². The number of nitrogens with two attached hydrogens (primary N) is 1. The summed E-state index contributed by atoms with van der Waals surface area (Å²) in [6, 6.07) is 10.6. The molecule has 0 spiro atoms. The van der Waals surface area contributed by atoms with E-state index in [1.54, 1.807) is 11.3 Å². The lowest BCUT2D eigenvalue weighted by molar-refractivity contribution is -0.670. The van der Waals surface area contributed by atoms with Gasteiger partial charge in [-0.3, -0.25) is 0 Å². The highest BCUT2D eigenvalue weighted by Crippen LogP contribution is 2.05. The van der Waals surface area contributed by atoms with Crippen LogP contribution >= 0.6 is 11.3 Å². The number of hydrogen-bond donors (Lipinski definition) is 1. The molecule has 0 fully saturated rings. The first-order valence-electron chi connectivity index (χ1n) is 5.61. The van der Waals surface area contributed by atoms with E-state index in [0.717, 1.165) is 24.5 Å². The van der Waals surface area contributed by atoms with Crippen LogP contribution in [0.5, 0.6) is 0 Å². The Labute approximate surface area is 100 Å². The van der Waals surface area contributed by atoms with Gasteiger partial charge in [0.2, 0.25) is 0 Å². The third-order valence-corrected chi connectivity index (χ3v) is 3.32. The van der Waals surface area contributed by atoms with Crippen LogP contribution in [0.15, 0.2) is 35.7 Å². The second kappa shape index (κ2) is 5.77. The molecule has 1 aromatic heterocycles. The van der Waals surface area contributed by atoms with Crippen molar-refractivity contribution in [2.45, 2.75) is 19.9 Å². The van der Waals surface area contributed by atoms with Crippen LogP contribution in [0.4, 0.5) is 0 Å². The van der Waals surface area contributed by atoms with E-state index < -0.39 is 0 Å². The first kappa shape index (κ1) is 11.3. The second-order valence-electron chi connectivity index (χ2n) is 3.87. The summed E-state index contributed by atoms with van der Waals surface area (Å²) in [6.45, 7) is 4.18. The molecule has 0 bridgehead atoms. The van der Waals surface area contributed by atoms with E-state index in [0.29, 0.717) is 0 Å². The molecule has 3 heteroatoms. The molecular weight excluding hydrogens is 216 g/mol. The van der Waals surface area contributed by atoms with Gasteiger partial charge in [0.1, 0.15) is 12.2 Å². The predicted octanol–water partition coefficient (Wildman–Crippen LogP) is 1.76. The average molecular weight is 233 g/mol. The Bertz CT molecular complexity index is 423. The number of thiazole rings is 1. The van der Waals surface area contributed by atoms with Crippen molar-refractivity contribution in [3.63, 3.8) is 0 Å². The molecule has 1 aromatic carbocycles. The fourth-order valence-electron chi connectivity index (χ4n) is 1.67. The normalized spacial score (nSPS) is 10.6. The minimum absolute atomic E-state index is 0.997. The summed E-state index contributed by atoms with van der Waals surface area (Å²) < 4.78 is 0. The monoisotopic (exact) mass is 233 g/mol. The zero-order chi connectivity index (χ0) is 11.2. The lowest BCUT2D eigenvalue weighted by Crippen LogP contribution is -2.83. The molecule has 2 rings (SSSR count). The molecule has 2 N–H and O–H groups in total. The molecule has 1 heterocycles. The lowest BCUT2D eigenvalue weighted by Gasteiger charge is -2.00. The summed E-state index contributed by atoms with van der Waals surface area (Å²) in [6.07, 6.45) is 1.13. The lowest BCUT2D eigenvalue weighted by atomic mass is 10.1. The Hall–Kier alpha value is -1.19. The maximum atomic E-state index is 4.44.